The van der Waals surface area contributed by atoms with Gasteiger partial charge in [-0.3, -0.25) is 0 Å². The van der Waals surface area contributed by atoms with Crippen LogP contribution in [0.3, 0.4) is 0 Å². The number of hydrogen-bond donors (Lipinski definition) is 1. The number of ether oxygens (including phenoxy) is 1. The normalized spacial score (nSPS) is 40.0. The molecule has 0 aromatic rings. The monoisotopic (exact) mass is 253 g/mol. The minimum Gasteiger partial charge on any atom is -0.378 e. The number of rotatable bonds is 4. The van der Waals surface area contributed by atoms with Gasteiger partial charge in [0.2, 0.25) is 0 Å². The molecule has 0 aromatic carbocycles. The lowest BCUT2D eigenvalue weighted by atomic mass is 9.70. The second-order valence-corrected chi connectivity index (χ2v) is 7.27. The fourth-order valence-electron chi connectivity index (χ4n) is 3.93. The third-order valence-electron chi connectivity index (χ3n) is 5.08. The van der Waals surface area contributed by atoms with E-state index in [0.29, 0.717) is 11.5 Å². The summed E-state index contributed by atoms with van der Waals surface area (Å²) < 4.78 is 5.77. The van der Waals surface area contributed by atoms with Crippen LogP contribution in [0.25, 0.3) is 0 Å². The molecule has 2 rings (SSSR count). The Morgan fingerprint density at radius 3 is 2.72 bits per heavy atom. The van der Waals surface area contributed by atoms with Crippen LogP contribution in [-0.4, -0.2) is 25.3 Å². The van der Waals surface area contributed by atoms with Crippen molar-refractivity contribution in [3.8, 4) is 0 Å². The van der Waals surface area contributed by atoms with E-state index in [-0.39, 0.29) is 0 Å². The molecule has 4 unspecified atom stereocenters. The molecule has 4 atom stereocenters. The van der Waals surface area contributed by atoms with Gasteiger partial charge in [0, 0.05) is 19.2 Å². The van der Waals surface area contributed by atoms with E-state index in [1.54, 1.807) is 0 Å². The predicted octanol–water partition coefficient (Wildman–Crippen LogP) is 3.61. The standard InChI is InChI=1S/C16H31NO/c1-5-15-13(7-9-18-15)11-17-14-6-8-16(3,4)10-12(14)2/h12-15,17H,5-11H2,1-4H3. The fraction of sp³-hybridized carbons (Fsp3) is 1.00. The minimum absolute atomic E-state index is 0.507. The van der Waals surface area contributed by atoms with Crippen LogP contribution >= 0.6 is 0 Å². The molecule has 1 saturated heterocycles. The van der Waals surface area contributed by atoms with E-state index in [4.69, 9.17) is 4.74 Å². The molecule has 0 spiro atoms. The Kier molecular flexibility index (Phi) is 4.71. The zero-order valence-corrected chi connectivity index (χ0v) is 12.7. The molecule has 1 aliphatic heterocycles. The zero-order valence-electron chi connectivity index (χ0n) is 12.7. The highest BCUT2D eigenvalue weighted by molar-refractivity contribution is 4.88. The topological polar surface area (TPSA) is 21.3 Å². The first-order valence-corrected chi connectivity index (χ1v) is 7.87. The Labute approximate surface area is 113 Å². The summed E-state index contributed by atoms with van der Waals surface area (Å²) in [6.45, 7) is 11.6. The average Bonchev–Trinajstić information content (AvgIpc) is 2.74. The van der Waals surface area contributed by atoms with Gasteiger partial charge in [0.1, 0.15) is 0 Å². The first kappa shape index (κ1) is 14.3. The molecule has 0 amide bonds. The highest BCUT2D eigenvalue weighted by Crippen LogP contribution is 2.38. The Balaban J connectivity index is 1.77. The molecule has 2 nitrogen and oxygen atoms in total. The van der Waals surface area contributed by atoms with Crippen LogP contribution in [0.1, 0.15) is 59.8 Å². The zero-order chi connectivity index (χ0) is 13.2. The van der Waals surface area contributed by atoms with Gasteiger partial charge >= 0.3 is 0 Å². The van der Waals surface area contributed by atoms with Gasteiger partial charge in [-0.25, -0.2) is 0 Å². The predicted molar refractivity (Wildman–Crippen MR) is 76.7 cm³/mol. The summed E-state index contributed by atoms with van der Waals surface area (Å²) in [5.41, 5.74) is 0.556. The van der Waals surface area contributed by atoms with E-state index in [9.17, 15) is 0 Å². The summed E-state index contributed by atoms with van der Waals surface area (Å²) in [7, 11) is 0. The lowest BCUT2D eigenvalue weighted by Gasteiger charge is -2.40. The smallest absolute Gasteiger partial charge is 0.0613 e. The molecular formula is C16H31NO. The largest absolute Gasteiger partial charge is 0.378 e. The van der Waals surface area contributed by atoms with Gasteiger partial charge in [0.05, 0.1) is 6.10 Å². The minimum atomic E-state index is 0.507. The Morgan fingerprint density at radius 2 is 2.06 bits per heavy atom. The molecule has 2 fully saturated rings. The first-order chi connectivity index (χ1) is 8.52. The van der Waals surface area contributed by atoms with Crippen molar-refractivity contribution in [1.82, 2.24) is 5.32 Å². The van der Waals surface area contributed by atoms with Crippen molar-refractivity contribution >= 4 is 0 Å². The van der Waals surface area contributed by atoms with E-state index in [2.05, 4.69) is 33.0 Å². The SMILES string of the molecule is CCC1OCCC1CNC1CCC(C)(C)CC1C. The Bertz CT molecular complexity index is 264. The van der Waals surface area contributed by atoms with E-state index in [0.717, 1.165) is 31.0 Å². The number of hydrogen-bond acceptors (Lipinski definition) is 2. The maximum absolute atomic E-state index is 5.77. The summed E-state index contributed by atoms with van der Waals surface area (Å²) in [5.74, 6) is 1.56. The molecule has 0 radical (unpaired) electrons. The third-order valence-corrected chi connectivity index (χ3v) is 5.08. The molecule has 1 N–H and O–H groups in total. The van der Waals surface area contributed by atoms with Crippen molar-refractivity contribution in [3.05, 3.63) is 0 Å². The second-order valence-electron chi connectivity index (χ2n) is 7.27. The van der Waals surface area contributed by atoms with Crippen LogP contribution in [0.15, 0.2) is 0 Å². The highest BCUT2D eigenvalue weighted by Gasteiger charge is 2.33. The van der Waals surface area contributed by atoms with Crippen molar-refractivity contribution in [3.63, 3.8) is 0 Å². The molecule has 18 heavy (non-hydrogen) atoms. The molecule has 106 valence electrons. The lowest BCUT2D eigenvalue weighted by Crippen LogP contribution is -2.44. The average molecular weight is 253 g/mol. The summed E-state index contributed by atoms with van der Waals surface area (Å²) in [4.78, 5) is 0. The molecule has 1 heterocycles. The van der Waals surface area contributed by atoms with Crippen LogP contribution in [0.5, 0.6) is 0 Å². The molecular weight excluding hydrogens is 222 g/mol. The van der Waals surface area contributed by atoms with E-state index in [1.807, 2.05) is 0 Å². The van der Waals surface area contributed by atoms with Gasteiger partial charge < -0.3 is 10.1 Å². The van der Waals surface area contributed by atoms with Gasteiger partial charge in [-0.1, -0.05) is 27.7 Å². The van der Waals surface area contributed by atoms with Crippen LogP contribution in [0, 0.1) is 17.3 Å². The number of nitrogens with one attached hydrogen (secondary N) is 1. The van der Waals surface area contributed by atoms with Crippen LogP contribution < -0.4 is 5.32 Å². The van der Waals surface area contributed by atoms with Crippen LogP contribution in [0.4, 0.5) is 0 Å². The summed E-state index contributed by atoms with van der Waals surface area (Å²) >= 11 is 0. The highest BCUT2D eigenvalue weighted by atomic mass is 16.5. The van der Waals surface area contributed by atoms with E-state index >= 15 is 0 Å². The maximum atomic E-state index is 5.77. The molecule has 1 saturated carbocycles. The van der Waals surface area contributed by atoms with Crippen LogP contribution in [-0.2, 0) is 4.74 Å². The summed E-state index contributed by atoms with van der Waals surface area (Å²) in [5, 5.41) is 3.84. The maximum Gasteiger partial charge on any atom is 0.0613 e. The molecule has 0 bridgehead atoms. The second kappa shape index (κ2) is 5.92. The molecule has 2 aliphatic rings. The Morgan fingerprint density at radius 1 is 1.28 bits per heavy atom. The fourth-order valence-corrected chi connectivity index (χ4v) is 3.93. The van der Waals surface area contributed by atoms with Crippen molar-refractivity contribution in [2.45, 2.75) is 71.9 Å². The third kappa shape index (κ3) is 3.48. The van der Waals surface area contributed by atoms with E-state index in [1.165, 1.54) is 32.1 Å². The molecule has 0 aromatic heterocycles. The van der Waals surface area contributed by atoms with E-state index < -0.39 is 0 Å². The summed E-state index contributed by atoms with van der Waals surface area (Å²) in [6.07, 6.45) is 7.00. The van der Waals surface area contributed by atoms with Gasteiger partial charge in [0.15, 0.2) is 0 Å². The van der Waals surface area contributed by atoms with Gasteiger partial charge in [-0.2, -0.15) is 0 Å². The van der Waals surface area contributed by atoms with Gasteiger partial charge in [0.25, 0.3) is 0 Å². The quantitative estimate of drug-likeness (QED) is 0.826. The summed E-state index contributed by atoms with van der Waals surface area (Å²) in [6, 6.07) is 0.733. The van der Waals surface area contributed by atoms with Crippen molar-refractivity contribution in [2.24, 2.45) is 17.3 Å². The molecule has 1 aliphatic carbocycles. The Hall–Kier alpha value is -0.0800. The van der Waals surface area contributed by atoms with Gasteiger partial charge in [-0.05, 0) is 49.4 Å². The van der Waals surface area contributed by atoms with Crippen LogP contribution in [0.2, 0.25) is 0 Å². The molecule has 2 heteroatoms. The van der Waals surface area contributed by atoms with Gasteiger partial charge in [-0.15, -0.1) is 0 Å². The van der Waals surface area contributed by atoms with Crippen molar-refractivity contribution in [2.75, 3.05) is 13.2 Å². The van der Waals surface area contributed by atoms with Crippen molar-refractivity contribution < 1.29 is 4.74 Å². The first-order valence-electron chi connectivity index (χ1n) is 7.87. The lowest BCUT2D eigenvalue weighted by molar-refractivity contribution is 0.0830. The van der Waals surface area contributed by atoms with Crippen molar-refractivity contribution in [1.29, 1.82) is 0 Å².